The summed E-state index contributed by atoms with van der Waals surface area (Å²) in [4.78, 5) is 12.5. The summed E-state index contributed by atoms with van der Waals surface area (Å²) in [5, 5.41) is 10.6. The number of nitrogens with one attached hydrogen (secondary N) is 2. The van der Waals surface area contributed by atoms with Gasteiger partial charge in [0.1, 0.15) is 5.82 Å². The van der Waals surface area contributed by atoms with Gasteiger partial charge in [-0.25, -0.2) is 4.68 Å². The molecule has 0 spiro atoms. The third-order valence-electron chi connectivity index (χ3n) is 4.80. The molecule has 1 amide bonds. The van der Waals surface area contributed by atoms with Crippen LogP contribution in [0.5, 0.6) is 0 Å². The Labute approximate surface area is 179 Å². The highest BCUT2D eigenvalue weighted by Crippen LogP contribution is 2.43. The zero-order chi connectivity index (χ0) is 21.5. The molecule has 156 valence electrons. The molecule has 2 heterocycles. The molecule has 0 bridgehead atoms. The molecule has 4 rings (SSSR count). The second kappa shape index (κ2) is 7.85. The van der Waals surface area contributed by atoms with Crippen LogP contribution >= 0.6 is 23.2 Å². The Morgan fingerprint density at radius 1 is 1.07 bits per heavy atom. The van der Waals surface area contributed by atoms with Gasteiger partial charge in [-0.2, -0.15) is 18.3 Å². The van der Waals surface area contributed by atoms with Gasteiger partial charge >= 0.3 is 6.18 Å². The van der Waals surface area contributed by atoms with Crippen molar-refractivity contribution in [3.05, 3.63) is 75.9 Å². The van der Waals surface area contributed by atoms with Gasteiger partial charge in [-0.15, -0.1) is 0 Å². The van der Waals surface area contributed by atoms with Gasteiger partial charge in [0, 0.05) is 28.2 Å². The van der Waals surface area contributed by atoms with Crippen molar-refractivity contribution in [3.8, 4) is 0 Å². The molecule has 1 aliphatic heterocycles. The average Bonchev–Trinajstić information content (AvgIpc) is 3.13. The summed E-state index contributed by atoms with van der Waals surface area (Å²) < 4.78 is 42.1. The number of alkyl halides is 3. The van der Waals surface area contributed by atoms with Gasteiger partial charge in [-0.05, 0) is 42.0 Å². The third kappa shape index (κ3) is 4.24. The van der Waals surface area contributed by atoms with Crippen LogP contribution in [0.3, 0.4) is 0 Å². The second-order valence-electron chi connectivity index (χ2n) is 6.86. The van der Waals surface area contributed by atoms with Crippen molar-refractivity contribution in [2.24, 2.45) is 0 Å². The predicted molar refractivity (Wildman–Crippen MR) is 109 cm³/mol. The van der Waals surface area contributed by atoms with Crippen molar-refractivity contribution in [3.63, 3.8) is 0 Å². The van der Waals surface area contributed by atoms with Crippen LogP contribution in [0.15, 0.2) is 54.6 Å². The smallest absolute Gasteiger partial charge is 0.363 e. The van der Waals surface area contributed by atoms with E-state index in [9.17, 15) is 18.0 Å². The number of benzene rings is 2. The van der Waals surface area contributed by atoms with Crippen molar-refractivity contribution < 1.29 is 18.0 Å². The van der Waals surface area contributed by atoms with Crippen molar-refractivity contribution in [1.29, 1.82) is 0 Å². The molecule has 0 fully saturated rings. The molecular formula is C20H15Cl2F3N4O. The van der Waals surface area contributed by atoms with E-state index >= 15 is 0 Å². The number of anilines is 2. The molecule has 10 heteroatoms. The summed E-state index contributed by atoms with van der Waals surface area (Å²) >= 11 is 11.7. The maximum Gasteiger partial charge on any atom is 0.410 e. The number of carbonyl (C=O) groups excluding carboxylic acids is 1. The fourth-order valence-electron chi connectivity index (χ4n) is 3.33. The van der Waals surface area contributed by atoms with Crippen molar-refractivity contribution in [2.75, 3.05) is 10.6 Å². The number of rotatable bonds is 3. The first-order valence-electron chi connectivity index (χ1n) is 8.96. The van der Waals surface area contributed by atoms with E-state index in [-0.39, 0.29) is 17.9 Å². The fourth-order valence-corrected chi connectivity index (χ4v) is 3.58. The molecule has 1 aliphatic rings. The summed E-state index contributed by atoms with van der Waals surface area (Å²) in [6.45, 7) is 0. The molecule has 2 atom stereocenters. The van der Waals surface area contributed by atoms with Crippen molar-refractivity contribution in [2.45, 2.75) is 24.7 Å². The van der Waals surface area contributed by atoms with Crippen LogP contribution in [0, 0.1) is 0 Å². The van der Waals surface area contributed by atoms with E-state index in [0.717, 1.165) is 4.68 Å². The summed E-state index contributed by atoms with van der Waals surface area (Å²) in [5.74, 6) is -0.505. The largest absolute Gasteiger partial charge is 0.410 e. The highest BCUT2D eigenvalue weighted by atomic mass is 35.5. The number of aromatic nitrogens is 2. The number of amides is 1. The minimum atomic E-state index is -4.53. The van der Waals surface area contributed by atoms with Crippen molar-refractivity contribution in [1.82, 2.24) is 9.78 Å². The fraction of sp³-hybridized carbons (Fsp3) is 0.200. The van der Waals surface area contributed by atoms with E-state index in [1.165, 1.54) is 6.07 Å². The molecular weight excluding hydrogens is 440 g/mol. The molecule has 0 aliphatic carbocycles. The molecule has 5 nitrogen and oxygen atoms in total. The minimum Gasteiger partial charge on any atom is -0.363 e. The second-order valence-corrected chi connectivity index (χ2v) is 7.73. The van der Waals surface area contributed by atoms with Crippen LogP contribution in [0.25, 0.3) is 0 Å². The Morgan fingerprint density at radius 2 is 1.67 bits per heavy atom. The third-order valence-corrected chi connectivity index (χ3v) is 5.30. The van der Waals surface area contributed by atoms with Gasteiger partial charge in [0.05, 0.1) is 6.04 Å². The number of hydrogen-bond acceptors (Lipinski definition) is 3. The number of nitrogens with zero attached hydrogens (tertiary/aromatic N) is 2. The molecule has 0 saturated carbocycles. The van der Waals surface area contributed by atoms with E-state index in [1.807, 2.05) is 0 Å². The van der Waals surface area contributed by atoms with Crippen LogP contribution < -0.4 is 10.6 Å². The molecule has 0 radical (unpaired) electrons. The average molecular weight is 455 g/mol. The Balaban J connectivity index is 1.63. The zero-order valence-corrected chi connectivity index (χ0v) is 16.8. The predicted octanol–water partition coefficient (Wildman–Crippen LogP) is 6.10. The summed E-state index contributed by atoms with van der Waals surface area (Å²) in [6.07, 6.45) is -4.80. The lowest BCUT2D eigenvalue weighted by Crippen LogP contribution is -2.35. The van der Waals surface area contributed by atoms with Crippen LogP contribution in [0.2, 0.25) is 10.0 Å². The lowest BCUT2D eigenvalue weighted by Gasteiger charge is -2.33. The van der Waals surface area contributed by atoms with E-state index in [0.29, 0.717) is 21.3 Å². The number of halogens is 5. The van der Waals surface area contributed by atoms with Gasteiger partial charge < -0.3 is 10.6 Å². The number of fused-ring (bicyclic) bond motifs is 1. The van der Waals surface area contributed by atoms with Crippen LogP contribution in [-0.4, -0.2) is 21.9 Å². The lowest BCUT2D eigenvalue weighted by molar-refractivity contribution is -0.173. The van der Waals surface area contributed by atoms with E-state index in [2.05, 4.69) is 15.7 Å². The molecule has 3 aromatic rings. The molecule has 1 aromatic heterocycles. The van der Waals surface area contributed by atoms with Gasteiger partial charge in [0.15, 0.2) is 11.7 Å². The van der Waals surface area contributed by atoms with Gasteiger partial charge in [-0.1, -0.05) is 35.3 Å². The molecule has 30 heavy (non-hydrogen) atoms. The SMILES string of the molecule is O=C(Nc1ccc(Cl)cc1)c1cc2n(n1)[C@H](C(F)(F)F)C[C@@H](c1ccc(Cl)cc1)N2. The number of hydrogen-bond donors (Lipinski definition) is 2. The monoisotopic (exact) mass is 454 g/mol. The van der Waals surface area contributed by atoms with Crippen LogP contribution in [0.1, 0.15) is 34.6 Å². The van der Waals surface area contributed by atoms with Crippen LogP contribution in [0.4, 0.5) is 24.7 Å². The Kier molecular flexibility index (Phi) is 5.38. The van der Waals surface area contributed by atoms with Gasteiger partial charge in [0.25, 0.3) is 5.91 Å². The van der Waals surface area contributed by atoms with E-state index in [1.54, 1.807) is 48.5 Å². The quantitative estimate of drug-likeness (QED) is 0.502. The molecule has 0 unspecified atom stereocenters. The van der Waals surface area contributed by atoms with Crippen LogP contribution in [-0.2, 0) is 0 Å². The first kappa shape index (κ1) is 20.6. The molecule has 2 aromatic carbocycles. The topological polar surface area (TPSA) is 59.0 Å². The highest BCUT2D eigenvalue weighted by molar-refractivity contribution is 6.30. The summed E-state index contributed by atoms with van der Waals surface area (Å²) in [7, 11) is 0. The molecule has 2 N–H and O–H groups in total. The maximum absolute atomic E-state index is 13.7. The van der Waals surface area contributed by atoms with E-state index < -0.39 is 24.2 Å². The Bertz CT molecular complexity index is 1070. The minimum absolute atomic E-state index is 0.116. The zero-order valence-electron chi connectivity index (χ0n) is 15.3. The Morgan fingerprint density at radius 3 is 2.27 bits per heavy atom. The standard InChI is InChI=1S/C20H15Cl2F3N4O/c21-12-3-1-11(2-4-12)15-9-17(20(23,24)25)29-18(27-15)10-16(28-29)19(30)26-14-7-5-13(22)6-8-14/h1-8,10,15,17,27H,9H2,(H,26,30)/t15-,17-/m0/s1. The van der Waals surface area contributed by atoms with Gasteiger partial charge in [-0.3, -0.25) is 4.79 Å². The summed E-state index contributed by atoms with van der Waals surface area (Å²) in [5.41, 5.74) is 0.987. The highest BCUT2D eigenvalue weighted by Gasteiger charge is 2.46. The first-order valence-corrected chi connectivity index (χ1v) is 9.71. The first-order chi connectivity index (χ1) is 14.2. The Hall–Kier alpha value is -2.71. The summed E-state index contributed by atoms with van der Waals surface area (Å²) in [6, 6.07) is 11.8. The maximum atomic E-state index is 13.7. The molecule has 0 saturated heterocycles. The van der Waals surface area contributed by atoms with Gasteiger partial charge in [0.2, 0.25) is 0 Å². The van der Waals surface area contributed by atoms with Crippen molar-refractivity contribution >= 4 is 40.6 Å². The van der Waals surface area contributed by atoms with E-state index in [4.69, 9.17) is 23.2 Å². The normalized spacial score (nSPS) is 18.4. The lowest BCUT2D eigenvalue weighted by atomic mass is 9.97. The number of carbonyl (C=O) groups is 1.